The third-order valence-electron chi connectivity index (χ3n) is 2.28. The molecule has 0 heterocycles. The summed E-state index contributed by atoms with van der Waals surface area (Å²) in [6, 6.07) is 2.44. The van der Waals surface area contributed by atoms with E-state index in [0.29, 0.717) is 25.8 Å². The summed E-state index contributed by atoms with van der Waals surface area (Å²) in [5.74, 6) is -2.28. The van der Waals surface area contributed by atoms with Crippen LogP contribution >= 0.6 is 12.4 Å². The van der Waals surface area contributed by atoms with Crippen LogP contribution in [0.3, 0.4) is 0 Å². The van der Waals surface area contributed by atoms with E-state index in [1.807, 2.05) is 0 Å². The summed E-state index contributed by atoms with van der Waals surface area (Å²) in [6.07, 6.45) is 0. The lowest BCUT2D eigenvalue weighted by Crippen LogP contribution is -2.33. The highest BCUT2D eigenvalue weighted by Gasteiger charge is 2.15. The molecular formula is C11H17ClF2N2O3S. The molecule has 0 amide bonds. The van der Waals surface area contributed by atoms with Gasteiger partial charge in [-0.1, -0.05) is 0 Å². The number of hydrogen-bond acceptors (Lipinski definition) is 4. The second kappa shape index (κ2) is 9.19. The Labute approximate surface area is 123 Å². The molecule has 0 saturated carbocycles. The lowest BCUT2D eigenvalue weighted by Gasteiger charge is -2.08. The van der Waals surface area contributed by atoms with Crippen molar-refractivity contribution in [2.75, 3.05) is 33.4 Å². The zero-order valence-electron chi connectivity index (χ0n) is 10.9. The minimum absolute atomic E-state index is 0. The zero-order valence-corrected chi connectivity index (χ0v) is 12.5. The molecule has 0 spiro atoms. The molecule has 116 valence electrons. The zero-order chi connectivity index (χ0) is 14.3. The minimum atomic E-state index is -3.82. The monoisotopic (exact) mass is 330 g/mol. The van der Waals surface area contributed by atoms with E-state index >= 15 is 0 Å². The van der Waals surface area contributed by atoms with E-state index in [4.69, 9.17) is 4.74 Å². The van der Waals surface area contributed by atoms with Crippen LogP contribution in [0, 0.1) is 11.6 Å². The number of ether oxygens (including phenoxy) is 1. The number of rotatable bonds is 8. The second-order valence-electron chi connectivity index (χ2n) is 3.72. The van der Waals surface area contributed by atoms with Crippen molar-refractivity contribution in [2.45, 2.75) is 4.90 Å². The van der Waals surface area contributed by atoms with E-state index < -0.39 is 21.7 Å². The molecule has 20 heavy (non-hydrogen) atoms. The molecule has 1 aromatic rings. The van der Waals surface area contributed by atoms with Gasteiger partial charge in [0.15, 0.2) is 11.6 Å². The maximum Gasteiger partial charge on any atom is 0.240 e. The molecule has 5 nitrogen and oxygen atoms in total. The summed E-state index contributed by atoms with van der Waals surface area (Å²) < 4.78 is 56.2. The van der Waals surface area contributed by atoms with Gasteiger partial charge in [0.1, 0.15) is 0 Å². The Balaban J connectivity index is 0.00000361. The van der Waals surface area contributed by atoms with E-state index in [2.05, 4.69) is 10.0 Å². The van der Waals surface area contributed by atoms with Crippen LogP contribution in [0.1, 0.15) is 0 Å². The highest BCUT2D eigenvalue weighted by Crippen LogP contribution is 2.13. The highest BCUT2D eigenvalue weighted by atomic mass is 35.5. The molecule has 0 aliphatic carbocycles. The number of methoxy groups -OCH3 is 1. The standard InChI is InChI=1S/C11H16F2N2O3S.ClH/c1-18-7-6-14-4-5-15-19(16,17)9-2-3-10(12)11(13)8-9;/h2-3,8,14-15H,4-7H2,1H3;1H. The van der Waals surface area contributed by atoms with Gasteiger partial charge in [0.2, 0.25) is 10.0 Å². The molecule has 0 bridgehead atoms. The van der Waals surface area contributed by atoms with E-state index in [0.717, 1.165) is 12.1 Å². The maximum atomic E-state index is 12.9. The molecule has 1 rings (SSSR count). The van der Waals surface area contributed by atoms with E-state index in [1.165, 1.54) is 0 Å². The first-order chi connectivity index (χ1) is 8.97. The summed E-state index contributed by atoms with van der Waals surface area (Å²) in [5.41, 5.74) is 0. The van der Waals surface area contributed by atoms with Gasteiger partial charge in [-0.05, 0) is 18.2 Å². The Morgan fingerprint density at radius 2 is 1.85 bits per heavy atom. The lowest BCUT2D eigenvalue weighted by molar-refractivity contribution is 0.199. The van der Waals surface area contributed by atoms with Gasteiger partial charge >= 0.3 is 0 Å². The summed E-state index contributed by atoms with van der Waals surface area (Å²) >= 11 is 0. The van der Waals surface area contributed by atoms with Crippen LogP contribution in [-0.2, 0) is 14.8 Å². The molecule has 0 unspecified atom stereocenters. The Kier molecular flexibility index (Phi) is 8.83. The largest absolute Gasteiger partial charge is 0.383 e. The van der Waals surface area contributed by atoms with E-state index in [1.54, 1.807) is 7.11 Å². The molecule has 9 heteroatoms. The molecule has 1 aromatic carbocycles. The number of benzene rings is 1. The first-order valence-corrected chi connectivity index (χ1v) is 7.10. The molecule has 0 saturated heterocycles. The molecular weight excluding hydrogens is 314 g/mol. The van der Waals surface area contributed by atoms with Crippen molar-refractivity contribution in [2.24, 2.45) is 0 Å². The van der Waals surface area contributed by atoms with Crippen LogP contribution in [-0.4, -0.2) is 41.8 Å². The fourth-order valence-electron chi connectivity index (χ4n) is 1.30. The van der Waals surface area contributed by atoms with Gasteiger partial charge in [-0.2, -0.15) is 0 Å². The fraction of sp³-hybridized carbons (Fsp3) is 0.455. The summed E-state index contributed by atoms with van der Waals surface area (Å²) in [5, 5.41) is 2.94. The molecule has 0 fully saturated rings. The third kappa shape index (κ3) is 6.10. The molecule has 0 radical (unpaired) electrons. The number of hydrogen-bond donors (Lipinski definition) is 2. The van der Waals surface area contributed by atoms with Crippen LogP contribution in [0.4, 0.5) is 8.78 Å². The molecule has 0 aromatic heterocycles. The minimum Gasteiger partial charge on any atom is -0.383 e. The first kappa shape index (κ1) is 19.2. The van der Waals surface area contributed by atoms with Crippen molar-refractivity contribution in [3.63, 3.8) is 0 Å². The fourth-order valence-corrected chi connectivity index (χ4v) is 2.34. The Bertz CT molecular complexity index is 514. The van der Waals surface area contributed by atoms with Gasteiger partial charge < -0.3 is 10.1 Å². The van der Waals surface area contributed by atoms with Crippen molar-refractivity contribution in [3.05, 3.63) is 29.8 Å². The van der Waals surface area contributed by atoms with Crippen LogP contribution in [0.2, 0.25) is 0 Å². The topological polar surface area (TPSA) is 67.4 Å². The first-order valence-electron chi connectivity index (χ1n) is 5.62. The van der Waals surface area contributed by atoms with Gasteiger partial charge in [0.25, 0.3) is 0 Å². The Morgan fingerprint density at radius 1 is 1.15 bits per heavy atom. The van der Waals surface area contributed by atoms with Gasteiger partial charge in [-0.15, -0.1) is 12.4 Å². The summed E-state index contributed by atoms with van der Waals surface area (Å²) in [4.78, 5) is -0.303. The van der Waals surface area contributed by atoms with E-state index in [9.17, 15) is 17.2 Å². The van der Waals surface area contributed by atoms with Crippen molar-refractivity contribution in [1.29, 1.82) is 0 Å². The SMILES string of the molecule is COCCNCCNS(=O)(=O)c1ccc(F)c(F)c1.Cl. The number of sulfonamides is 1. The molecule has 0 aliphatic rings. The smallest absolute Gasteiger partial charge is 0.240 e. The predicted octanol–water partition coefficient (Wildman–Crippen LogP) is 0.901. The Hall–Kier alpha value is -0.800. The molecule has 0 atom stereocenters. The normalized spacial score (nSPS) is 11.2. The summed E-state index contributed by atoms with van der Waals surface area (Å²) in [6.45, 7) is 1.68. The van der Waals surface area contributed by atoms with Gasteiger partial charge in [0.05, 0.1) is 11.5 Å². The highest BCUT2D eigenvalue weighted by molar-refractivity contribution is 7.89. The van der Waals surface area contributed by atoms with Crippen LogP contribution in [0.5, 0.6) is 0 Å². The van der Waals surface area contributed by atoms with Crippen molar-refractivity contribution < 1.29 is 21.9 Å². The van der Waals surface area contributed by atoms with Gasteiger partial charge in [-0.3, -0.25) is 0 Å². The lowest BCUT2D eigenvalue weighted by atomic mass is 10.3. The van der Waals surface area contributed by atoms with Crippen LogP contribution in [0.15, 0.2) is 23.1 Å². The van der Waals surface area contributed by atoms with Crippen molar-refractivity contribution in [1.82, 2.24) is 10.0 Å². The number of halogens is 3. The summed E-state index contributed by atoms with van der Waals surface area (Å²) in [7, 11) is -2.26. The van der Waals surface area contributed by atoms with E-state index in [-0.39, 0.29) is 23.8 Å². The predicted molar refractivity (Wildman–Crippen MR) is 73.5 cm³/mol. The average Bonchev–Trinajstić information content (AvgIpc) is 2.36. The second-order valence-corrected chi connectivity index (χ2v) is 5.48. The van der Waals surface area contributed by atoms with Crippen molar-refractivity contribution >= 4 is 22.4 Å². The quantitative estimate of drug-likeness (QED) is 0.695. The van der Waals surface area contributed by atoms with Gasteiger partial charge in [0, 0.05) is 26.7 Å². The third-order valence-corrected chi connectivity index (χ3v) is 3.74. The average molecular weight is 331 g/mol. The molecule has 0 aliphatic heterocycles. The number of nitrogens with one attached hydrogen (secondary N) is 2. The Morgan fingerprint density at radius 3 is 2.45 bits per heavy atom. The van der Waals surface area contributed by atoms with Crippen LogP contribution in [0.25, 0.3) is 0 Å². The van der Waals surface area contributed by atoms with Crippen LogP contribution < -0.4 is 10.0 Å². The maximum absolute atomic E-state index is 12.9. The van der Waals surface area contributed by atoms with Crippen molar-refractivity contribution in [3.8, 4) is 0 Å². The van der Waals surface area contributed by atoms with Gasteiger partial charge in [-0.25, -0.2) is 21.9 Å². The molecule has 2 N–H and O–H groups in total.